The van der Waals surface area contributed by atoms with Crippen molar-refractivity contribution in [3.63, 3.8) is 0 Å². The van der Waals surface area contributed by atoms with Crippen LogP contribution < -0.4 is 16.3 Å². The Morgan fingerprint density at radius 3 is 2.59 bits per heavy atom. The molecule has 2 aromatic heterocycles. The highest BCUT2D eigenvalue weighted by molar-refractivity contribution is 5.95. The molecule has 22 heavy (non-hydrogen) atoms. The van der Waals surface area contributed by atoms with E-state index in [0.717, 1.165) is 0 Å². The van der Waals surface area contributed by atoms with Crippen molar-refractivity contribution in [3.8, 4) is 5.75 Å². The predicted molar refractivity (Wildman–Crippen MR) is 75.8 cm³/mol. The maximum atomic E-state index is 14.4. The normalized spacial score (nSPS) is 11.5. The van der Waals surface area contributed by atoms with E-state index in [4.69, 9.17) is 4.42 Å². The van der Waals surface area contributed by atoms with Gasteiger partial charge in [-0.15, -0.1) is 0 Å². The fourth-order valence-electron chi connectivity index (χ4n) is 2.43. The Labute approximate surface area is 122 Å². The molecule has 0 aliphatic heterocycles. The van der Waals surface area contributed by atoms with Crippen LogP contribution in [-0.4, -0.2) is 21.9 Å². The second-order valence-electron chi connectivity index (χ2n) is 4.75. The number of halogens is 2. The van der Waals surface area contributed by atoms with E-state index < -0.39 is 39.5 Å². The van der Waals surface area contributed by atoms with Crippen LogP contribution >= 0.6 is 0 Å². The summed E-state index contributed by atoms with van der Waals surface area (Å²) in [7, 11) is 2.92. The van der Waals surface area contributed by atoms with Gasteiger partial charge in [-0.2, -0.15) is 5.10 Å². The number of hydrazine groups is 1. The molecule has 116 valence electrons. The van der Waals surface area contributed by atoms with Gasteiger partial charge in [-0.1, -0.05) is 0 Å². The molecule has 3 rings (SSSR count). The molecule has 0 saturated carbocycles. The van der Waals surface area contributed by atoms with Crippen LogP contribution in [0.5, 0.6) is 5.75 Å². The summed E-state index contributed by atoms with van der Waals surface area (Å²) in [5.41, 5.74) is 3.01. The van der Waals surface area contributed by atoms with Gasteiger partial charge in [0, 0.05) is 14.1 Å². The molecule has 0 bridgehead atoms. The first-order valence-corrected chi connectivity index (χ1v) is 6.31. The third-order valence-corrected chi connectivity index (χ3v) is 3.38. The van der Waals surface area contributed by atoms with Gasteiger partial charge < -0.3 is 14.9 Å². The van der Waals surface area contributed by atoms with Crippen molar-refractivity contribution in [1.29, 1.82) is 0 Å². The average molecular weight is 310 g/mol. The summed E-state index contributed by atoms with van der Waals surface area (Å²) in [5.74, 6) is -3.39. The van der Waals surface area contributed by atoms with E-state index in [1.54, 1.807) is 6.92 Å². The third kappa shape index (κ3) is 1.69. The average Bonchev–Trinajstić information content (AvgIpc) is 2.76. The zero-order chi connectivity index (χ0) is 16.2. The van der Waals surface area contributed by atoms with E-state index in [1.165, 1.54) is 18.8 Å². The van der Waals surface area contributed by atoms with Crippen molar-refractivity contribution < 1.29 is 18.3 Å². The first-order valence-electron chi connectivity index (χ1n) is 6.31. The maximum Gasteiger partial charge on any atom is 0.229 e. The number of hydrogen-bond donors (Lipinski definition) is 3. The number of nitrogens with zero attached hydrogens (tertiary/aromatic N) is 2. The highest BCUT2D eigenvalue weighted by Gasteiger charge is 2.26. The molecule has 0 amide bonds. The summed E-state index contributed by atoms with van der Waals surface area (Å²) in [6, 6.07) is 0. The van der Waals surface area contributed by atoms with Crippen molar-refractivity contribution in [2.75, 3.05) is 12.5 Å². The predicted octanol–water partition coefficient (Wildman–Crippen LogP) is 1.52. The number of phenols is 1. The van der Waals surface area contributed by atoms with Crippen molar-refractivity contribution in [2.45, 2.75) is 6.92 Å². The fourth-order valence-corrected chi connectivity index (χ4v) is 2.43. The van der Waals surface area contributed by atoms with Gasteiger partial charge in [-0.05, 0) is 6.92 Å². The zero-order valence-electron chi connectivity index (χ0n) is 11.9. The van der Waals surface area contributed by atoms with Crippen molar-refractivity contribution >= 4 is 27.8 Å². The van der Waals surface area contributed by atoms with Gasteiger partial charge >= 0.3 is 0 Å². The Balaban J connectivity index is 2.60. The second-order valence-corrected chi connectivity index (χ2v) is 4.75. The number of nitrogens with one attached hydrogen (secondary N) is 2. The quantitative estimate of drug-likeness (QED) is 0.622. The third-order valence-electron chi connectivity index (χ3n) is 3.38. The molecule has 9 heteroatoms. The second kappa shape index (κ2) is 4.67. The lowest BCUT2D eigenvalue weighted by molar-refractivity contribution is 0.433. The first-order chi connectivity index (χ1) is 10.4. The van der Waals surface area contributed by atoms with Crippen molar-refractivity contribution in [2.24, 2.45) is 7.05 Å². The van der Waals surface area contributed by atoms with Crippen LogP contribution in [0.2, 0.25) is 0 Å². The van der Waals surface area contributed by atoms with Crippen LogP contribution in [0.25, 0.3) is 22.1 Å². The SMILES string of the molecule is CNNc1c(F)c(O)c2c(=O)c3c(C)nn(C)c3oc2c1F. The van der Waals surface area contributed by atoms with Gasteiger partial charge in [0.2, 0.25) is 11.1 Å². The molecule has 1 aromatic carbocycles. The Kier molecular flexibility index (Phi) is 3.03. The molecule has 0 atom stereocenters. The molecule has 7 nitrogen and oxygen atoms in total. The molecule has 0 aliphatic rings. The first kappa shape index (κ1) is 14.3. The molecule has 0 aliphatic carbocycles. The van der Waals surface area contributed by atoms with Crippen LogP contribution in [0.3, 0.4) is 0 Å². The maximum absolute atomic E-state index is 14.4. The topological polar surface area (TPSA) is 92.3 Å². The lowest BCUT2D eigenvalue weighted by atomic mass is 10.1. The highest BCUT2D eigenvalue weighted by Crippen LogP contribution is 2.36. The van der Waals surface area contributed by atoms with Gasteiger partial charge in [0.05, 0.1) is 5.69 Å². The van der Waals surface area contributed by atoms with Gasteiger partial charge in [-0.3, -0.25) is 4.79 Å². The molecule has 0 fully saturated rings. The van der Waals surface area contributed by atoms with E-state index in [1.807, 2.05) is 0 Å². The van der Waals surface area contributed by atoms with Crippen LogP contribution in [0.4, 0.5) is 14.5 Å². The summed E-state index contributed by atoms with van der Waals surface area (Å²) in [4.78, 5) is 12.5. The number of rotatable bonds is 2. The molecule has 0 radical (unpaired) electrons. The molecule has 0 saturated heterocycles. The van der Waals surface area contributed by atoms with E-state index in [-0.39, 0.29) is 11.1 Å². The number of hydrogen-bond acceptors (Lipinski definition) is 6. The Morgan fingerprint density at radius 2 is 1.95 bits per heavy atom. The van der Waals surface area contributed by atoms with Crippen molar-refractivity contribution in [1.82, 2.24) is 15.2 Å². The summed E-state index contributed by atoms with van der Waals surface area (Å²) in [6.07, 6.45) is 0. The highest BCUT2D eigenvalue weighted by atomic mass is 19.1. The molecule has 0 spiro atoms. The minimum absolute atomic E-state index is 0.0373. The largest absolute Gasteiger partial charge is 0.504 e. The lowest BCUT2D eigenvalue weighted by Crippen LogP contribution is -2.18. The Bertz CT molecular complexity index is 977. The van der Waals surface area contributed by atoms with Crippen LogP contribution in [-0.2, 0) is 7.05 Å². The summed E-state index contributed by atoms with van der Waals surface area (Å²) >= 11 is 0. The standard InChI is InChI=1S/C13H12F2N4O3/c1-4-5-10(20)6-11(21)7(14)9(17-16-2)8(15)12(6)22-13(5)19(3)18-4/h16-17,21H,1-3H3. The Hall–Kier alpha value is -2.68. The smallest absolute Gasteiger partial charge is 0.229 e. The lowest BCUT2D eigenvalue weighted by Gasteiger charge is -2.11. The fraction of sp³-hybridized carbons (Fsp3) is 0.231. The van der Waals surface area contributed by atoms with E-state index >= 15 is 0 Å². The molecular formula is C13H12F2N4O3. The summed E-state index contributed by atoms with van der Waals surface area (Å²) in [6.45, 7) is 1.56. The minimum Gasteiger partial charge on any atom is -0.504 e. The monoisotopic (exact) mass is 310 g/mol. The van der Waals surface area contributed by atoms with Crippen LogP contribution in [0, 0.1) is 18.6 Å². The number of aromatic hydroxyl groups is 1. The Morgan fingerprint density at radius 1 is 1.27 bits per heavy atom. The molecule has 3 aromatic rings. The molecule has 2 heterocycles. The number of anilines is 1. The van der Waals surface area contributed by atoms with E-state index in [9.17, 15) is 18.7 Å². The number of phenolic OH excluding ortho intramolecular Hbond substituents is 1. The van der Waals surface area contributed by atoms with Gasteiger partial charge in [-0.25, -0.2) is 18.9 Å². The summed E-state index contributed by atoms with van der Waals surface area (Å²) in [5, 5.41) is 13.5. The summed E-state index contributed by atoms with van der Waals surface area (Å²) < 4.78 is 35.1. The van der Waals surface area contributed by atoms with Gasteiger partial charge in [0.15, 0.2) is 23.0 Å². The number of aromatic nitrogens is 2. The molecular weight excluding hydrogens is 298 g/mol. The number of aryl methyl sites for hydroxylation is 2. The van der Waals surface area contributed by atoms with Gasteiger partial charge in [0.1, 0.15) is 16.5 Å². The molecule has 0 unspecified atom stereocenters. The zero-order valence-corrected chi connectivity index (χ0v) is 11.9. The van der Waals surface area contributed by atoms with E-state index in [0.29, 0.717) is 5.69 Å². The van der Waals surface area contributed by atoms with Crippen LogP contribution in [0.15, 0.2) is 9.21 Å². The minimum atomic E-state index is -1.28. The molecule has 3 N–H and O–H groups in total. The van der Waals surface area contributed by atoms with Crippen LogP contribution in [0.1, 0.15) is 5.69 Å². The number of benzene rings is 1. The number of fused-ring (bicyclic) bond motifs is 2. The van der Waals surface area contributed by atoms with Crippen molar-refractivity contribution in [3.05, 3.63) is 27.6 Å². The van der Waals surface area contributed by atoms with Gasteiger partial charge in [0.25, 0.3) is 0 Å². The van der Waals surface area contributed by atoms with E-state index in [2.05, 4.69) is 16.0 Å².